The molecule has 1 aliphatic rings. The van der Waals surface area contributed by atoms with Crippen LogP contribution in [0.4, 0.5) is 21.9 Å². The monoisotopic (exact) mass is 400 g/mol. The Bertz CT molecular complexity index is 846. The summed E-state index contributed by atoms with van der Waals surface area (Å²) >= 11 is 5.86. The lowest BCUT2D eigenvalue weighted by molar-refractivity contribution is 0.0943. The summed E-state index contributed by atoms with van der Waals surface area (Å²) in [5, 5.41) is 9.08. The van der Waals surface area contributed by atoms with Crippen molar-refractivity contribution in [3.8, 4) is 0 Å². The van der Waals surface area contributed by atoms with E-state index < -0.39 is 0 Å². The highest BCUT2D eigenvalue weighted by atomic mass is 35.5. The van der Waals surface area contributed by atoms with Gasteiger partial charge in [-0.15, -0.1) is 0 Å². The second-order valence-electron chi connectivity index (χ2n) is 7.14. The predicted octanol–water partition coefficient (Wildman–Crippen LogP) is 4.72. The molecule has 3 rings (SSSR count). The molecule has 1 heterocycles. The summed E-state index contributed by atoms with van der Waals surface area (Å²) in [7, 11) is 0. The van der Waals surface area contributed by atoms with E-state index in [1.54, 1.807) is 30.3 Å². The molecule has 1 aliphatic heterocycles. The van der Waals surface area contributed by atoms with E-state index in [1.807, 2.05) is 26.0 Å². The molecular formula is C21H25ClN4O2. The summed E-state index contributed by atoms with van der Waals surface area (Å²) in [5.74, 6) is -0.140. The average Bonchev–Trinajstić information content (AvgIpc) is 3.17. The summed E-state index contributed by atoms with van der Waals surface area (Å²) in [6.45, 7) is 5.72. The third-order valence-electron chi connectivity index (χ3n) is 4.47. The lowest BCUT2D eigenvalue weighted by Gasteiger charge is -2.22. The van der Waals surface area contributed by atoms with E-state index in [9.17, 15) is 9.59 Å². The van der Waals surface area contributed by atoms with Gasteiger partial charge in [0.15, 0.2) is 0 Å². The van der Waals surface area contributed by atoms with Crippen molar-refractivity contribution < 1.29 is 9.59 Å². The molecule has 0 bridgehead atoms. The molecule has 0 spiro atoms. The minimum atomic E-state index is -0.383. The van der Waals surface area contributed by atoms with Gasteiger partial charge in [0.25, 0.3) is 5.91 Å². The van der Waals surface area contributed by atoms with Gasteiger partial charge in [0, 0.05) is 41.2 Å². The minimum absolute atomic E-state index is 0.0312. The molecule has 1 fully saturated rings. The topological polar surface area (TPSA) is 73.5 Å². The van der Waals surface area contributed by atoms with Crippen molar-refractivity contribution in [2.45, 2.75) is 32.7 Å². The number of nitrogens with zero attached hydrogens (tertiary/aromatic N) is 1. The lowest BCUT2D eigenvalue weighted by Crippen LogP contribution is -2.32. The first-order chi connectivity index (χ1) is 13.4. The van der Waals surface area contributed by atoms with E-state index in [0.717, 1.165) is 31.6 Å². The van der Waals surface area contributed by atoms with Crippen LogP contribution in [0.25, 0.3) is 0 Å². The molecule has 0 aliphatic carbocycles. The molecular weight excluding hydrogens is 376 g/mol. The number of hydrogen-bond acceptors (Lipinski definition) is 3. The largest absolute Gasteiger partial charge is 0.371 e. The standard InChI is InChI=1S/C21H25ClN4O2/c1-14(2)23-20(27)18-13-17(9-10-19(18)26-11-3-4-12-26)25-21(28)24-16-7-5-15(22)6-8-16/h5-10,13-14H,3-4,11-12H2,1-2H3,(H,23,27)(H2,24,25,28). The van der Waals surface area contributed by atoms with E-state index in [1.165, 1.54) is 0 Å². The second-order valence-corrected chi connectivity index (χ2v) is 7.58. The highest BCUT2D eigenvalue weighted by Crippen LogP contribution is 2.28. The molecule has 6 nitrogen and oxygen atoms in total. The number of nitrogens with one attached hydrogen (secondary N) is 3. The summed E-state index contributed by atoms with van der Waals surface area (Å²) in [4.78, 5) is 27.2. The van der Waals surface area contributed by atoms with Crippen LogP contribution in [-0.2, 0) is 0 Å². The minimum Gasteiger partial charge on any atom is -0.371 e. The quantitative estimate of drug-likeness (QED) is 0.679. The zero-order chi connectivity index (χ0) is 20.1. The number of benzene rings is 2. The Morgan fingerprint density at radius 2 is 1.57 bits per heavy atom. The number of amides is 3. The van der Waals surface area contributed by atoms with Crippen LogP contribution in [0.2, 0.25) is 5.02 Å². The van der Waals surface area contributed by atoms with Gasteiger partial charge < -0.3 is 20.9 Å². The average molecular weight is 401 g/mol. The number of anilines is 3. The normalized spacial score (nSPS) is 13.5. The summed E-state index contributed by atoms with van der Waals surface area (Å²) < 4.78 is 0. The van der Waals surface area contributed by atoms with Crippen molar-refractivity contribution in [3.05, 3.63) is 53.1 Å². The third-order valence-corrected chi connectivity index (χ3v) is 4.72. The van der Waals surface area contributed by atoms with Gasteiger partial charge in [-0.3, -0.25) is 4.79 Å². The Morgan fingerprint density at radius 1 is 0.964 bits per heavy atom. The molecule has 2 aromatic rings. The Labute approximate surface area is 170 Å². The SMILES string of the molecule is CC(C)NC(=O)c1cc(NC(=O)Nc2ccc(Cl)cc2)ccc1N1CCCC1. The van der Waals surface area contributed by atoms with Crippen LogP contribution < -0.4 is 20.9 Å². The van der Waals surface area contributed by atoms with Gasteiger partial charge in [0.1, 0.15) is 0 Å². The Kier molecular flexibility index (Phi) is 6.41. The van der Waals surface area contributed by atoms with Crippen LogP contribution in [0.5, 0.6) is 0 Å². The molecule has 0 radical (unpaired) electrons. The zero-order valence-electron chi connectivity index (χ0n) is 16.1. The van der Waals surface area contributed by atoms with Gasteiger partial charge in [-0.05, 0) is 69.2 Å². The van der Waals surface area contributed by atoms with Crippen LogP contribution in [0, 0.1) is 0 Å². The molecule has 0 aromatic heterocycles. The maximum absolute atomic E-state index is 12.7. The zero-order valence-corrected chi connectivity index (χ0v) is 16.8. The number of carbonyl (C=O) groups is 2. The van der Waals surface area contributed by atoms with E-state index in [2.05, 4.69) is 20.9 Å². The summed E-state index contributed by atoms with van der Waals surface area (Å²) in [6.07, 6.45) is 2.24. The number of urea groups is 1. The fourth-order valence-corrected chi connectivity index (χ4v) is 3.32. The van der Waals surface area contributed by atoms with E-state index in [-0.39, 0.29) is 18.0 Å². The third kappa shape index (κ3) is 5.16. The predicted molar refractivity (Wildman–Crippen MR) is 115 cm³/mol. The Morgan fingerprint density at radius 3 is 2.21 bits per heavy atom. The molecule has 1 saturated heterocycles. The number of carbonyl (C=O) groups excluding carboxylic acids is 2. The maximum Gasteiger partial charge on any atom is 0.323 e. The molecule has 0 saturated carbocycles. The molecule has 7 heteroatoms. The molecule has 0 atom stereocenters. The van der Waals surface area contributed by atoms with E-state index >= 15 is 0 Å². The number of hydrogen-bond donors (Lipinski definition) is 3. The summed E-state index contributed by atoms with van der Waals surface area (Å²) in [5.41, 5.74) is 2.66. The summed E-state index contributed by atoms with van der Waals surface area (Å²) in [6, 6.07) is 12.0. The first-order valence-corrected chi connectivity index (χ1v) is 9.83. The van der Waals surface area contributed by atoms with Crippen molar-refractivity contribution in [1.82, 2.24) is 5.32 Å². The van der Waals surface area contributed by atoms with E-state index in [0.29, 0.717) is 22.0 Å². The van der Waals surface area contributed by atoms with Crippen molar-refractivity contribution in [2.24, 2.45) is 0 Å². The van der Waals surface area contributed by atoms with Gasteiger partial charge in [-0.1, -0.05) is 11.6 Å². The molecule has 0 unspecified atom stereocenters. The molecule has 3 N–H and O–H groups in total. The first-order valence-electron chi connectivity index (χ1n) is 9.46. The van der Waals surface area contributed by atoms with Gasteiger partial charge in [0.05, 0.1) is 5.56 Å². The van der Waals surface area contributed by atoms with Crippen LogP contribution >= 0.6 is 11.6 Å². The number of halogens is 1. The Balaban J connectivity index is 1.77. The smallest absolute Gasteiger partial charge is 0.323 e. The molecule has 28 heavy (non-hydrogen) atoms. The highest BCUT2D eigenvalue weighted by molar-refractivity contribution is 6.30. The van der Waals surface area contributed by atoms with Gasteiger partial charge >= 0.3 is 6.03 Å². The number of rotatable bonds is 5. The van der Waals surface area contributed by atoms with Gasteiger partial charge in [0.2, 0.25) is 0 Å². The van der Waals surface area contributed by atoms with Crippen LogP contribution in [0.3, 0.4) is 0 Å². The van der Waals surface area contributed by atoms with Crippen molar-refractivity contribution >= 4 is 40.6 Å². The fourth-order valence-electron chi connectivity index (χ4n) is 3.20. The van der Waals surface area contributed by atoms with E-state index in [4.69, 9.17) is 11.6 Å². The molecule has 3 amide bonds. The van der Waals surface area contributed by atoms with Crippen LogP contribution in [0.15, 0.2) is 42.5 Å². The molecule has 2 aromatic carbocycles. The van der Waals surface area contributed by atoms with Crippen LogP contribution in [0.1, 0.15) is 37.0 Å². The van der Waals surface area contributed by atoms with Crippen molar-refractivity contribution in [3.63, 3.8) is 0 Å². The lowest BCUT2D eigenvalue weighted by atomic mass is 10.1. The molecule has 148 valence electrons. The van der Waals surface area contributed by atoms with Crippen molar-refractivity contribution in [1.29, 1.82) is 0 Å². The van der Waals surface area contributed by atoms with Crippen LogP contribution in [-0.4, -0.2) is 31.1 Å². The highest BCUT2D eigenvalue weighted by Gasteiger charge is 2.21. The fraction of sp³-hybridized carbons (Fsp3) is 0.333. The van der Waals surface area contributed by atoms with Gasteiger partial charge in [-0.2, -0.15) is 0 Å². The second kappa shape index (κ2) is 8.97. The first kappa shape index (κ1) is 20.0. The maximum atomic E-state index is 12.7. The Hall–Kier alpha value is -2.73. The van der Waals surface area contributed by atoms with Crippen molar-refractivity contribution in [2.75, 3.05) is 28.6 Å². The van der Waals surface area contributed by atoms with Gasteiger partial charge in [-0.25, -0.2) is 4.79 Å².